The highest BCUT2D eigenvalue weighted by atomic mass is 19.1. The molecular weight excluding hydrogens is 133 g/mol. The lowest BCUT2D eigenvalue weighted by atomic mass is 10.1. The van der Waals surface area contributed by atoms with Gasteiger partial charge in [0, 0.05) is 19.2 Å². The van der Waals surface area contributed by atoms with Gasteiger partial charge in [0.25, 0.3) is 0 Å². The summed E-state index contributed by atoms with van der Waals surface area (Å²) in [7, 11) is 0. The zero-order valence-electron chi connectivity index (χ0n) is 6.27. The Morgan fingerprint density at radius 1 is 1.70 bits per heavy atom. The van der Waals surface area contributed by atoms with Gasteiger partial charge in [-0.05, 0) is 13.3 Å². The van der Waals surface area contributed by atoms with Gasteiger partial charge in [0.15, 0.2) is 0 Å². The third-order valence-electron chi connectivity index (χ3n) is 1.88. The highest BCUT2D eigenvalue weighted by Gasteiger charge is 2.22. The summed E-state index contributed by atoms with van der Waals surface area (Å²) in [4.78, 5) is 0. The van der Waals surface area contributed by atoms with Gasteiger partial charge in [-0.2, -0.15) is 0 Å². The van der Waals surface area contributed by atoms with Crippen LogP contribution in [0.25, 0.3) is 0 Å². The second-order valence-corrected chi connectivity index (χ2v) is 2.61. The van der Waals surface area contributed by atoms with Crippen LogP contribution < -0.4 is 5.32 Å². The van der Waals surface area contributed by atoms with E-state index < -0.39 is 0 Å². The minimum absolute atomic E-state index is 0.256. The fourth-order valence-electron chi connectivity index (χ4n) is 1.24. The first-order valence-corrected chi connectivity index (χ1v) is 3.75. The molecule has 10 heavy (non-hydrogen) atoms. The quantitative estimate of drug-likeness (QED) is 0.635. The van der Waals surface area contributed by atoms with Crippen molar-refractivity contribution >= 4 is 0 Å². The van der Waals surface area contributed by atoms with E-state index in [1.165, 1.54) is 0 Å². The van der Waals surface area contributed by atoms with E-state index in [4.69, 9.17) is 4.74 Å². The molecule has 1 saturated heterocycles. The maximum Gasteiger partial charge on any atom is 0.102 e. The van der Waals surface area contributed by atoms with Gasteiger partial charge in [0.2, 0.25) is 0 Å². The summed E-state index contributed by atoms with van der Waals surface area (Å²) in [5.41, 5.74) is 0. The average molecular weight is 147 g/mol. The van der Waals surface area contributed by atoms with Gasteiger partial charge in [-0.15, -0.1) is 0 Å². The van der Waals surface area contributed by atoms with Crippen molar-refractivity contribution in [2.45, 2.75) is 25.5 Å². The Balaban J connectivity index is 2.14. The van der Waals surface area contributed by atoms with Gasteiger partial charge in [-0.3, -0.25) is 0 Å². The fraction of sp³-hybridized carbons (Fsp3) is 1.00. The van der Waals surface area contributed by atoms with Crippen molar-refractivity contribution in [2.75, 3.05) is 19.8 Å². The summed E-state index contributed by atoms with van der Waals surface area (Å²) >= 11 is 0. The largest absolute Gasteiger partial charge is 0.377 e. The summed E-state index contributed by atoms with van der Waals surface area (Å²) in [5.74, 6) is 0. The van der Waals surface area contributed by atoms with E-state index in [1.807, 2.05) is 6.92 Å². The average Bonchev–Trinajstić information content (AvgIpc) is 2.31. The smallest absolute Gasteiger partial charge is 0.102 e. The first kappa shape index (κ1) is 7.95. The molecule has 1 aliphatic heterocycles. The number of hydrogen-bond donors (Lipinski definition) is 1. The molecule has 3 heteroatoms. The van der Waals surface area contributed by atoms with E-state index in [-0.39, 0.29) is 12.8 Å². The van der Waals surface area contributed by atoms with Crippen molar-refractivity contribution in [3.63, 3.8) is 0 Å². The van der Waals surface area contributed by atoms with E-state index in [2.05, 4.69) is 5.32 Å². The lowest BCUT2D eigenvalue weighted by molar-refractivity contribution is 0.113. The van der Waals surface area contributed by atoms with Crippen LogP contribution in [0.2, 0.25) is 0 Å². The number of ether oxygens (including phenoxy) is 1. The molecular formula is C7H14FNO. The molecule has 0 bridgehead atoms. The van der Waals surface area contributed by atoms with E-state index in [9.17, 15) is 4.39 Å². The fourth-order valence-corrected chi connectivity index (χ4v) is 1.24. The van der Waals surface area contributed by atoms with Gasteiger partial charge in [0.05, 0.1) is 6.10 Å². The lowest BCUT2D eigenvalue weighted by Crippen LogP contribution is -2.35. The Kier molecular flexibility index (Phi) is 3.09. The van der Waals surface area contributed by atoms with Crippen molar-refractivity contribution < 1.29 is 9.13 Å². The molecule has 1 N–H and O–H groups in total. The molecule has 2 atom stereocenters. The Morgan fingerprint density at radius 3 is 3.00 bits per heavy atom. The summed E-state index contributed by atoms with van der Waals surface area (Å²) < 4.78 is 16.9. The van der Waals surface area contributed by atoms with Crippen molar-refractivity contribution in [1.82, 2.24) is 5.32 Å². The predicted octanol–water partition coefficient (Wildman–Crippen LogP) is 0.723. The number of halogens is 1. The Bertz CT molecular complexity index is 99.6. The summed E-state index contributed by atoms with van der Waals surface area (Å²) in [6, 6.07) is 0.371. The molecule has 2 nitrogen and oxygen atoms in total. The summed E-state index contributed by atoms with van der Waals surface area (Å²) in [6.45, 7) is 3.00. The zero-order chi connectivity index (χ0) is 7.40. The molecule has 0 saturated carbocycles. The highest BCUT2D eigenvalue weighted by Crippen LogP contribution is 2.11. The topological polar surface area (TPSA) is 21.3 Å². The molecule has 1 aliphatic rings. The molecule has 0 aromatic heterocycles. The van der Waals surface area contributed by atoms with E-state index in [0.29, 0.717) is 12.6 Å². The maximum absolute atomic E-state index is 11.7. The predicted molar refractivity (Wildman–Crippen MR) is 37.8 cm³/mol. The Morgan fingerprint density at radius 2 is 2.50 bits per heavy atom. The minimum Gasteiger partial charge on any atom is -0.377 e. The van der Waals surface area contributed by atoms with Crippen LogP contribution in [0.1, 0.15) is 13.3 Å². The number of nitrogens with one attached hydrogen (secondary N) is 1. The standard InChI is InChI=1S/C7H14FNO/c1-6-7(2-5-10-6)9-4-3-8/h6-7,9H,2-5H2,1H3. The third-order valence-corrected chi connectivity index (χ3v) is 1.88. The third kappa shape index (κ3) is 1.92. The molecule has 2 unspecified atom stereocenters. The van der Waals surface area contributed by atoms with Gasteiger partial charge >= 0.3 is 0 Å². The molecule has 0 aliphatic carbocycles. The summed E-state index contributed by atoms with van der Waals surface area (Å²) in [6.07, 6.45) is 1.27. The molecule has 0 radical (unpaired) electrons. The van der Waals surface area contributed by atoms with E-state index >= 15 is 0 Å². The molecule has 0 aromatic carbocycles. The van der Waals surface area contributed by atoms with Gasteiger partial charge < -0.3 is 10.1 Å². The minimum atomic E-state index is -0.288. The Labute approximate surface area is 60.8 Å². The van der Waals surface area contributed by atoms with Crippen LogP contribution in [-0.4, -0.2) is 32.0 Å². The second-order valence-electron chi connectivity index (χ2n) is 2.61. The normalized spacial score (nSPS) is 33.0. The van der Waals surface area contributed by atoms with Crippen LogP contribution in [0.3, 0.4) is 0 Å². The van der Waals surface area contributed by atoms with Gasteiger partial charge in [-0.25, -0.2) is 4.39 Å². The first-order valence-electron chi connectivity index (χ1n) is 3.75. The first-order chi connectivity index (χ1) is 4.84. The van der Waals surface area contributed by atoms with Crippen LogP contribution in [-0.2, 0) is 4.74 Å². The molecule has 60 valence electrons. The lowest BCUT2D eigenvalue weighted by Gasteiger charge is -2.13. The van der Waals surface area contributed by atoms with Crippen LogP contribution in [0.5, 0.6) is 0 Å². The van der Waals surface area contributed by atoms with Crippen LogP contribution >= 0.6 is 0 Å². The maximum atomic E-state index is 11.7. The van der Waals surface area contributed by atoms with Crippen LogP contribution in [0, 0.1) is 0 Å². The van der Waals surface area contributed by atoms with Gasteiger partial charge in [0.1, 0.15) is 6.67 Å². The van der Waals surface area contributed by atoms with Crippen molar-refractivity contribution in [2.24, 2.45) is 0 Å². The number of hydrogen-bond acceptors (Lipinski definition) is 2. The van der Waals surface area contributed by atoms with Crippen molar-refractivity contribution in [3.8, 4) is 0 Å². The number of rotatable bonds is 3. The zero-order valence-corrected chi connectivity index (χ0v) is 6.27. The van der Waals surface area contributed by atoms with Crippen LogP contribution in [0.15, 0.2) is 0 Å². The number of alkyl halides is 1. The molecule has 1 heterocycles. The molecule has 0 aromatic rings. The van der Waals surface area contributed by atoms with Crippen molar-refractivity contribution in [1.29, 1.82) is 0 Å². The van der Waals surface area contributed by atoms with Crippen LogP contribution in [0.4, 0.5) is 4.39 Å². The van der Waals surface area contributed by atoms with Crippen molar-refractivity contribution in [3.05, 3.63) is 0 Å². The molecule has 0 amide bonds. The Hall–Kier alpha value is -0.150. The van der Waals surface area contributed by atoms with Gasteiger partial charge in [-0.1, -0.05) is 0 Å². The molecule has 0 spiro atoms. The SMILES string of the molecule is CC1OCCC1NCCF. The highest BCUT2D eigenvalue weighted by molar-refractivity contribution is 4.78. The monoisotopic (exact) mass is 147 g/mol. The van der Waals surface area contributed by atoms with E-state index in [0.717, 1.165) is 13.0 Å². The summed E-state index contributed by atoms with van der Waals surface area (Å²) in [5, 5.41) is 3.08. The second kappa shape index (κ2) is 3.88. The molecule has 1 rings (SSSR count). The van der Waals surface area contributed by atoms with E-state index in [1.54, 1.807) is 0 Å². The molecule has 1 fully saturated rings.